The molecule has 0 bridgehead atoms. The summed E-state index contributed by atoms with van der Waals surface area (Å²) in [5.74, 6) is -0.424. The molecule has 4 aromatic carbocycles. The summed E-state index contributed by atoms with van der Waals surface area (Å²) in [7, 11) is 0. The average molecular weight is 739 g/mol. The summed E-state index contributed by atoms with van der Waals surface area (Å²) in [5.41, 5.74) is 7.26. The predicted octanol–water partition coefficient (Wildman–Crippen LogP) is 8.52. The normalized spacial score (nSPS) is 15.2. The van der Waals surface area contributed by atoms with Crippen LogP contribution in [0.3, 0.4) is 0 Å². The fraction of sp³-hybridized carbons (Fsp3) is 0.111. The zero-order valence-electron chi connectivity index (χ0n) is 23.7. The van der Waals surface area contributed by atoms with Gasteiger partial charge < -0.3 is 0 Å². The van der Waals surface area contributed by atoms with Crippen LogP contribution in [-0.4, -0.2) is 12.1 Å². The number of allylic oxidation sites excluding steroid dienone is 8. The summed E-state index contributed by atoms with van der Waals surface area (Å²) in [6.45, 7) is 4.57. The molecule has 0 nitrogen and oxygen atoms in total. The first-order valence-corrected chi connectivity index (χ1v) is 29.2. The van der Waals surface area contributed by atoms with E-state index < -0.39 is 15.7 Å². The van der Waals surface area contributed by atoms with Crippen LogP contribution in [-0.2, 0) is 15.7 Å². The van der Waals surface area contributed by atoms with Gasteiger partial charge in [0.05, 0.1) is 0 Å². The fourth-order valence-electron chi connectivity index (χ4n) is 7.21. The van der Waals surface area contributed by atoms with E-state index in [1.54, 1.807) is 30.8 Å². The van der Waals surface area contributed by atoms with Crippen molar-refractivity contribution in [3.8, 4) is 0 Å². The maximum absolute atomic E-state index is 13.8. The van der Waals surface area contributed by atoms with Crippen LogP contribution in [0.15, 0.2) is 139 Å². The van der Waals surface area contributed by atoms with Gasteiger partial charge in [0.2, 0.25) is 0 Å². The Hall–Kier alpha value is -2.29. The Morgan fingerprint density at radius 2 is 0.857 bits per heavy atom. The molecule has 0 radical (unpaired) electrons. The van der Waals surface area contributed by atoms with Gasteiger partial charge in [-0.25, -0.2) is 0 Å². The molecule has 214 valence electrons. The van der Waals surface area contributed by atoms with E-state index in [1.807, 2.05) is 24.3 Å². The summed E-state index contributed by atoms with van der Waals surface area (Å²) >= 11 is -3.25. The quantitative estimate of drug-likeness (QED) is 0.174. The topological polar surface area (TPSA) is 0 Å². The third kappa shape index (κ3) is 5.11. The van der Waals surface area contributed by atoms with Crippen LogP contribution in [0.1, 0.15) is 37.8 Å². The van der Waals surface area contributed by atoms with Gasteiger partial charge in [-0.1, -0.05) is 0 Å². The summed E-state index contributed by atoms with van der Waals surface area (Å²) in [5, 5.41) is 0. The van der Waals surface area contributed by atoms with Gasteiger partial charge in [0.15, 0.2) is 0 Å². The second-order valence-electron chi connectivity index (χ2n) is 11.1. The van der Waals surface area contributed by atoms with Gasteiger partial charge in [-0.3, -0.25) is 0 Å². The van der Waals surface area contributed by atoms with Crippen molar-refractivity contribution in [3.05, 3.63) is 162 Å². The fourth-order valence-corrected chi connectivity index (χ4v) is 40.4. The zero-order valence-corrected chi connectivity index (χ0v) is 30.8. The predicted molar refractivity (Wildman–Crippen MR) is 179 cm³/mol. The van der Waals surface area contributed by atoms with Crippen molar-refractivity contribution in [1.29, 1.82) is 0 Å². The van der Waals surface area contributed by atoms with Gasteiger partial charge in [-0.2, -0.15) is 0 Å². The SMILES string of the molecule is CC1=[C]([Zr](=[GeH2])([C]2=C(C)C(c3ccc(F)cc3)=CC2)([c]2ccccc2)[c]2ccccc2)CC=C1c1ccc(F)cc1.Cl.Cl. The number of rotatable bonds is 6. The van der Waals surface area contributed by atoms with E-state index in [2.05, 4.69) is 86.7 Å². The van der Waals surface area contributed by atoms with Crippen molar-refractivity contribution in [2.45, 2.75) is 26.7 Å². The van der Waals surface area contributed by atoms with E-state index in [0.29, 0.717) is 0 Å². The molecule has 0 N–H and O–H groups in total. The second-order valence-corrected chi connectivity index (χ2v) is 41.6. The molecule has 2 aliphatic carbocycles. The Bertz CT molecular complexity index is 1670. The Labute approximate surface area is 265 Å². The Kier molecular flexibility index (Phi) is 9.90. The molecule has 0 atom stereocenters. The van der Waals surface area contributed by atoms with Crippen LogP contribution in [0.25, 0.3) is 11.1 Å². The van der Waals surface area contributed by atoms with E-state index >= 15 is 0 Å². The maximum atomic E-state index is 13.8. The Balaban J connectivity index is 0.00000202. The molecule has 0 saturated carbocycles. The Morgan fingerprint density at radius 1 is 0.524 bits per heavy atom. The van der Waals surface area contributed by atoms with Crippen LogP contribution in [0, 0.1) is 11.6 Å². The largest absolute Gasteiger partial charge is 0.147 e. The third-order valence-corrected chi connectivity index (χ3v) is 47.2. The molecule has 0 spiro atoms. The van der Waals surface area contributed by atoms with Crippen molar-refractivity contribution in [1.82, 2.24) is 0 Å². The number of benzene rings is 4. The van der Waals surface area contributed by atoms with E-state index in [4.69, 9.17) is 0 Å². The molecular weight excluding hydrogens is 705 g/mol. The first-order chi connectivity index (χ1) is 19.3. The molecule has 6 heteroatoms. The molecular formula is C36H34Cl2F2GeZr. The summed E-state index contributed by atoms with van der Waals surface area (Å²) < 4.78 is 33.8. The number of hydrogen-bond acceptors (Lipinski definition) is 0. The van der Waals surface area contributed by atoms with Crippen molar-refractivity contribution < 1.29 is 24.4 Å². The monoisotopic (exact) mass is 738 g/mol. The average Bonchev–Trinajstić information content (AvgIpc) is 3.58. The van der Waals surface area contributed by atoms with Gasteiger partial charge in [0.1, 0.15) is 0 Å². The summed E-state index contributed by atoms with van der Waals surface area (Å²) in [6.07, 6.45) is 6.53. The van der Waals surface area contributed by atoms with Gasteiger partial charge >= 0.3 is 243 Å². The van der Waals surface area contributed by atoms with Crippen molar-refractivity contribution in [2.75, 3.05) is 0 Å². The van der Waals surface area contributed by atoms with Crippen LogP contribution >= 0.6 is 24.8 Å². The first kappa shape index (κ1) is 32.6. The van der Waals surface area contributed by atoms with Crippen LogP contribution in [0.4, 0.5) is 8.78 Å². The molecule has 0 unspecified atom stereocenters. The van der Waals surface area contributed by atoms with E-state index in [9.17, 15) is 8.78 Å². The summed E-state index contributed by atoms with van der Waals surface area (Å²) in [4.78, 5) is 0. The van der Waals surface area contributed by atoms with Gasteiger partial charge in [0.25, 0.3) is 0 Å². The van der Waals surface area contributed by atoms with Crippen LogP contribution in [0.5, 0.6) is 0 Å². The minimum absolute atomic E-state index is 0. The number of hydrogen-bond donors (Lipinski definition) is 0. The van der Waals surface area contributed by atoms with E-state index in [1.165, 1.54) is 28.8 Å². The standard InChI is InChI=1S/2C12H10F.2C6H5.2ClH.GeH2.Zr/c2*1-9-3-2-4-12(9)10-5-7-11(13)8-6-10;2*1-2-4-6-5-3-1;;;;/h2*4-8H,2H2,1H3;2*1-5H;2*1H;1H2;. The van der Waals surface area contributed by atoms with Crippen molar-refractivity contribution in [2.24, 2.45) is 0 Å². The molecule has 6 rings (SSSR count). The first-order valence-electron chi connectivity index (χ1n) is 13.8. The minimum atomic E-state index is -4.40. The molecule has 42 heavy (non-hydrogen) atoms. The molecule has 0 saturated heterocycles. The Morgan fingerprint density at radius 3 is 1.19 bits per heavy atom. The molecule has 4 aromatic rings. The zero-order chi connectivity index (χ0) is 27.9. The van der Waals surface area contributed by atoms with E-state index in [0.717, 1.165) is 36.1 Å². The summed E-state index contributed by atoms with van der Waals surface area (Å²) in [6, 6.07) is 36.3. The molecule has 0 amide bonds. The number of halogens is 4. The molecule has 0 heterocycles. The second kappa shape index (κ2) is 12.7. The minimum Gasteiger partial charge on any atom is -0.147 e. The maximum Gasteiger partial charge on any atom is -0.147 e. The molecule has 0 aliphatic heterocycles. The molecule has 0 fully saturated rings. The smallest absolute Gasteiger partial charge is 0.147 e. The van der Waals surface area contributed by atoms with Crippen LogP contribution < -0.4 is 6.54 Å². The third-order valence-electron chi connectivity index (χ3n) is 9.20. The van der Waals surface area contributed by atoms with Gasteiger partial charge in [0, 0.05) is 0 Å². The van der Waals surface area contributed by atoms with Crippen molar-refractivity contribution in [3.63, 3.8) is 0 Å². The van der Waals surface area contributed by atoms with Crippen molar-refractivity contribution >= 4 is 54.6 Å². The van der Waals surface area contributed by atoms with Gasteiger partial charge in [-0.05, 0) is 0 Å². The van der Waals surface area contributed by atoms with Crippen LogP contribution in [0.2, 0.25) is 0 Å². The molecule has 2 aliphatic rings. The van der Waals surface area contributed by atoms with E-state index in [-0.39, 0.29) is 36.4 Å². The van der Waals surface area contributed by atoms with Gasteiger partial charge in [-0.15, -0.1) is 24.8 Å². The molecule has 0 aromatic heterocycles.